The molecule has 2 fully saturated rings. The smallest absolute Gasteiger partial charge is 0.222 e. The van der Waals surface area contributed by atoms with Crippen molar-refractivity contribution in [2.45, 2.75) is 75.4 Å². The molecule has 5 aromatic rings. The molecule has 2 N–H and O–H groups in total. The lowest BCUT2D eigenvalue weighted by molar-refractivity contribution is -0.377. The van der Waals surface area contributed by atoms with Crippen LogP contribution in [-0.4, -0.2) is 60.6 Å². The summed E-state index contributed by atoms with van der Waals surface area (Å²) in [7, 11) is 0. The minimum atomic E-state index is -2.06. The molecule has 5 atom stereocenters. The number of aliphatic hydroxyl groups excluding tert-OH is 1. The zero-order chi connectivity index (χ0) is 37.2. The van der Waals surface area contributed by atoms with Crippen LogP contribution in [0.15, 0.2) is 133 Å². The third kappa shape index (κ3) is 9.96. The molecule has 9 heteroatoms. The molecule has 1 heterocycles. The molecule has 54 heavy (non-hydrogen) atoms. The molecule has 0 aromatic heterocycles. The van der Waals surface area contributed by atoms with Crippen LogP contribution in [0.5, 0.6) is 5.75 Å². The largest absolute Gasteiger partial charge is 0.491 e. The molecule has 282 valence electrons. The number of hydrogen-bond donors (Lipinski definition) is 2. The van der Waals surface area contributed by atoms with E-state index in [-0.39, 0.29) is 19.8 Å². The van der Waals surface area contributed by atoms with E-state index in [4.69, 9.17) is 40.0 Å². The second-order valence-electron chi connectivity index (χ2n) is 13.8. The van der Waals surface area contributed by atoms with Gasteiger partial charge >= 0.3 is 0 Å². The third-order valence-corrected chi connectivity index (χ3v) is 10.1. The van der Waals surface area contributed by atoms with Crippen LogP contribution in [0.3, 0.4) is 0 Å². The molecule has 8 nitrogen and oxygen atoms in total. The molecule has 7 rings (SSSR count). The van der Waals surface area contributed by atoms with E-state index in [2.05, 4.69) is 0 Å². The van der Waals surface area contributed by atoms with Crippen molar-refractivity contribution in [3.63, 3.8) is 0 Å². The van der Waals surface area contributed by atoms with Crippen molar-refractivity contribution in [1.82, 2.24) is 0 Å². The average Bonchev–Trinajstić information content (AvgIpc) is 4.05. The van der Waals surface area contributed by atoms with E-state index in [0.717, 1.165) is 46.4 Å². The number of hydrogen-bond acceptors (Lipinski definition) is 8. The summed E-state index contributed by atoms with van der Waals surface area (Å²) >= 11 is 6.80. The van der Waals surface area contributed by atoms with Crippen LogP contribution < -0.4 is 4.74 Å². The number of halogens is 1. The lowest BCUT2D eigenvalue weighted by atomic mass is 9.86. The van der Waals surface area contributed by atoms with Gasteiger partial charge in [0.2, 0.25) is 5.79 Å². The van der Waals surface area contributed by atoms with Crippen molar-refractivity contribution in [3.8, 4) is 5.75 Å². The summed E-state index contributed by atoms with van der Waals surface area (Å²) in [5, 5.41) is 24.2. The molecule has 5 aromatic carbocycles. The number of benzene rings is 5. The molecule has 1 saturated heterocycles. The van der Waals surface area contributed by atoms with Gasteiger partial charge in [0.15, 0.2) is 0 Å². The van der Waals surface area contributed by atoms with Crippen LogP contribution in [0.2, 0.25) is 5.02 Å². The standard InChI is InChI=1S/C45H47ClO8/c46-40-23-18-37(27-36(40)26-32-16-19-38(20-17-32)49-24-25-50-39-21-22-39)45(48)44(53-31-35-14-8-3-9-15-35)43(52-30-34-12-6-2-7-13-34)42(41(28-47)54-45)51-29-33-10-4-1-5-11-33/h1-20,23,27,39,41-44,47-48H,21-22,24-26,28-31H2/t41-,42-,43+,44-,45-/m1/s1. The molecular formula is C45H47ClO8. The van der Waals surface area contributed by atoms with Gasteiger partial charge in [0.05, 0.1) is 39.1 Å². The van der Waals surface area contributed by atoms with Gasteiger partial charge in [-0.05, 0) is 71.3 Å². The number of ether oxygens (including phenoxy) is 6. The lowest BCUT2D eigenvalue weighted by Crippen LogP contribution is -2.65. The van der Waals surface area contributed by atoms with Crippen molar-refractivity contribution in [2.24, 2.45) is 0 Å². The Hall–Kier alpha value is -4.09. The zero-order valence-electron chi connectivity index (χ0n) is 30.2. The van der Waals surface area contributed by atoms with Gasteiger partial charge in [0.25, 0.3) is 0 Å². The van der Waals surface area contributed by atoms with Crippen molar-refractivity contribution < 1.29 is 38.6 Å². The van der Waals surface area contributed by atoms with Crippen molar-refractivity contribution in [2.75, 3.05) is 19.8 Å². The second-order valence-corrected chi connectivity index (χ2v) is 14.2. The first-order valence-electron chi connectivity index (χ1n) is 18.6. The van der Waals surface area contributed by atoms with Gasteiger partial charge in [-0.3, -0.25) is 0 Å². The van der Waals surface area contributed by atoms with E-state index < -0.39 is 36.8 Å². The highest BCUT2D eigenvalue weighted by Crippen LogP contribution is 2.42. The number of aliphatic hydroxyl groups is 2. The topological polar surface area (TPSA) is 95.8 Å². The fourth-order valence-corrected chi connectivity index (χ4v) is 6.88. The summed E-state index contributed by atoms with van der Waals surface area (Å²) in [4.78, 5) is 0. The fraction of sp³-hybridized carbons (Fsp3) is 0.333. The molecular weight excluding hydrogens is 704 g/mol. The van der Waals surface area contributed by atoms with Crippen LogP contribution >= 0.6 is 11.6 Å². The molecule has 0 unspecified atom stereocenters. The molecule has 0 amide bonds. The van der Waals surface area contributed by atoms with Crippen molar-refractivity contribution in [3.05, 3.63) is 172 Å². The highest BCUT2D eigenvalue weighted by molar-refractivity contribution is 6.31. The van der Waals surface area contributed by atoms with Gasteiger partial charge < -0.3 is 38.6 Å². The monoisotopic (exact) mass is 750 g/mol. The summed E-state index contributed by atoms with van der Waals surface area (Å²) in [6.45, 7) is 1.27. The van der Waals surface area contributed by atoms with Crippen molar-refractivity contribution >= 4 is 11.6 Å². The van der Waals surface area contributed by atoms with Crippen LogP contribution in [0.25, 0.3) is 0 Å². The predicted molar refractivity (Wildman–Crippen MR) is 206 cm³/mol. The number of rotatable bonds is 18. The normalized spacial score (nSPS) is 22.6. The Kier molecular flexibility index (Phi) is 13.1. The summed E-state index contributed by atoms with van der Waals surface area (Å²) in [5.41, 5.74) is 5.01. The maximum atomic E-state index is 12.8. The van der Waals surface area contributed by atoms with E-state index >= 15 is 0 Å². The molecule has 1 aliphatic carbocycles. The molecule has 1 saturated carbocycles. The van der Waals surface area contributed by atoms with E-state index in [9.17, 15) is 10.2 Å². The van der Waals surface area contributed by atoms with E-state index in [1.807, 2.05) is 121 Å². The third-order valence-electron chi connectivity index (χ3n) is 9.74. The second kappa shape index (κ2) is 18.5. The highest BCUT2D eigenvalue weighted by Gasteiger charge is 2.57. The maximum absolute atomic E-state index is 12.8. The van der Waals surface area contributed by atoms with Crippen LogP contribution in [-0.2, 0) is 55.7 Å². The summed E-state index contributed by atoms with van der Waals surface area (Å²) in [5.74, 6) is -1.29. The Bertz CT molecular complexity index is 1870. The summed E-state index contributed by atoms with van der Waals surface area (Å²) < 4.78 is 37.9. The molecule has 0 spiro atoms. The predicted octanol–water partition coefficient (Wildman–Crippen LogP) is 7.78. The van der Waals surface area contributed by atoms with E-state index in [0.29, 0.717) is 36.3 Å². The quantitative estimate of drug-likeness (QED) is 0.0878. The van der Waals surface area contributed by atoms with E-state index in [1.165, 1.54) is 0 Å². The first-order valence-corrected chi connectivity index (χ1v) is 19.0. The van der Waals surface area contributed by atoms with Crippen LogP contribution in [0.1, 0.15) is 46.2 Å². The van der Waals surface area contributed by atoms with Gasteiger partial charge in [-0.2, -0.15) is 0 Å². The Labute approximate surface area is 322 Å². The summed E-state index contributed by atoms with van der Waals surface area (Å²) in [6, 6.07) is 42.5. The minimum Gasteiger partial charge on any atom is -0.491 e. The van der Waals surface area contributed by atoms with E-state index in [1.54, 1.807) is 12.1 Å². The molecule has 0 radical (unpaired) electrons. The van der Waals surface area contributed by atoms with Crippen LogP contribution in [0, 0.1) is 0 Å². The minimum absolute atomic E-state index is 0.166. The molecule has 0 bridgehead atoms. The Morgan fingerprint density at radius 3 is 1.78 bits per heavy atom. The Balaban J connectivity index is 1.18. The van der Waals surface area contributed by atoms with Gasteiger partial charge in [-0.15, -0.1) is 0 Å². The fourth-order valence-electron chi connectivity index (χ4n) is 6.70. The SMILES string of the molecule is OC[C@H]1O[C@](O)(c2ccc(Cl)c(Cc3ccc(OCCOC4CC4)cc3)c2)[C@H](OCc2ccccc2)[C@@H](OCc2ccccc2)[C@@H]1OCc1ccccc1. The van der Waals surface area contributed by atoms with Gasteiger partial charge in [0, 0.05) is 10.6 Å². The maximum Gasteiger partial charge on any atom is 0.222 e. The summed E-state index contributed by atoms with van der Waals surface area (Å²) in [6.07, 6.45) is -0.547. The highest BCUT2D eigenvalue weighted by atomic mass is 35.5. The average molecular weight is 751 g/mol. The first kappa shape index (κ1) is 38.2. The molecule has 1 aliphatic heterocycles. The first-order chi connectivity index (χ1) is 26.5. The van der Waals surface area contributed by atoms with Gasteiger partial charge in [-0.1, -0.05) is 121 Å². The van der Waals surface area contributed by atoms with Gasteiger partial charge in [0.1, 0.15) is 36.8 Å². The Morgan fingerprint density at radius 2 is 1.20 bits per heavy atom. The Morgan fingerprint density at radius 1 is 0.630 bits per heavy atom. The zero-order valence-corrected chi connectivity index (χ0v) is 30.9. The molecule has 2 aliphatic rings. The lowest BCUT2D eigenvalue weighted by Gasteiger charge is -2.50. The van der Waals surface area contributed by atoms with Crippen LogP contribution in [0.4, 0.5) is 0 Å². The van der Waals surface area contributed by atoms with Gasteiger partial charge in [-0.25, -0.2) is 0 Å². The van der Waals surface area contributed by atoms with Crippen molar-refractivity contribution in [1.29, 1.82) is 0 Å².